The van der Waals surface area contributed by atoms with Crippen LogP contribution < -0.4 is 5.32 Å². The average Bonchev–Trinajstić information content (AvgIpc) is 2.74. The van der Waals surface area contributed by atoms with Crippen molar-refractivity contribution in [2.45, 2.75) is 57.7 Å². The summed E-state index contributed by atoms with van der Waals surface area (Å²) in [6.45, 7) is 5.53. The summed E-state index contributed by atoms with van der Waals surface area (Å²) >= 11 is 1.54. The zero-order valence-corrected chi connectivity index (χ0v) is 13.5. The van der Waals surface area contributed by atoms with Crippen molar-refractivity contribution in [3.05, 3.63) is 0 Å². The minimum Gasteiger partial charge on any atom is -0.481 e. The molecule has 1 rings (SSSR count). The minimum absolute atomic E-state index is 0.0840. The Balaban J connectivity index is 2.46. The first-order valence-electron chi connectivity index (χ1n) is 6.93. The lowest BCUT2D eigenvalue weighted by molar-refractivity contribution is -0.157. The predicted octanol–water partition coefficient (Wildman–Crippen LogP) is 1.90. The first-order chi connectivity index (χ1) is 9.23. The SMILES string of the molecule is CSCC(CC1CCC(C(=O)OC(C)(C)C)N1)C(=O)O. The van der Waals surface area contributed by atoms with Gasteiger partial charge in [0.1, 0.15) is 11.6 Å². The molecular weight excluding hydrogens is 278 g/mol. The van der Waals surface area contributed by atoms with Gasteiger partial charge in [-0.25, -0.2) is 0 Å². The van der Waals surface area contributed by atoms with Crippen LogP contribution in [0.25, 0.3) is 0 Å². The molecule has 5 nitrogen and oxygen atoms in total. The number of nitrogens with one attached hydrogen (secondary N) is 1. The summed E-state index contributed by atoms with van der Waals surface area (Å²) < 4.78 is 5.35. The molecule has 0 spiro atoms. The molecular formula is C14H25NO4S. The van der Waals surface area contributed by atoms with E-state index in [2.05, 4.69) is 5.32 Å². The molecule has 116 valence electrons. The van der Waals surface area contributed by atoms with Gasteiger partial charge in [0.15, 0.2) is 0 Å². The van der Waals surface area contributed by atoms with Gasteiger partial charge in [-0.3, -0.25) is 9.59 Å². The maximum atomic E-state index is 11.9. The molecule has 0 radical (unpaired) electrons. The third-order valence-corrected chi connectivity index (χ3v) is 3.95. The molecule has 1 aliphatic heterocycles. The Hall–Kier alpha value is -0.750. The van der Waals surface area contributed by atoms with E-state index in [4.69, 9.17) is 9.84 Å². The van der Waals surface area contributed by atoms with Gasteiger partial charge in [-0.05, 0) is 46.3 Å². The average molecular weight is 303 g/mol. The normalized spacial score (nSPS) is 24.4. The number of carbonyl (C=O) groups is 2. The maximum Gasteiger partial charge on any atom is 0.323 e. The second-order valence-corrected chi connectivity index (χ2v) is 7.16. The van der Waals surface area contributed by atoms with E-state index in [0.29, 0.717) is 18.6 Å². The summed E-state index contributed by atoms with van der Waals surface area (Å²) in [7, 11) is 0. The van der Waals surface area contributed by atoms with Gasteiger partial charge in [-0.15, -0.1) is 0 Å². The van der Waals surface area contributed by atoms with Gasteiger partial charge in [0.25, 0.3) is 0 Å². The van der Waals surface area contributed by atoms with E-state index in [9.17, 15) is 9.59 Å². The van der Waals surface area contributed by atoms with E-state index in [0.717, 1.165) is 6.42 Å². The summed E-state index contributed by atoms with van der Waals surface area (Å²) in [5.74, 6) is -0.761. The molecule has 0 aromatic heterocycles. The lowest BCUT2D eigenvalue weighted by Crippen LogP contribution is -2.41. The molecule has 0 aromatic carbocycles. The van der Waals surface area contributed by atoms with Crippen LogP contribution in [0.15, 0.2) is 0 Å². The fourth-order valence-corrected chi connectivity index (χ4v) is 3.03. The van der Waals surface area contributed by atoms with Crippen molar-refractivity contribution >= 4 is 23.7 Å². The van der Waals surface area contributed by atoms with Gasteiger partial charge >= 0.3 is 11.9 Å². The fraction of sp³-hybridized carbons (Fsp3) is 0.857. The topological polar surface area (TPSA) is 75.6 Å². The summed E-state index contributed by atoms with van der Waals surface area (Å²) in [5, 5.41) is 12.4. The number of hydrogen-bond donors (Lipinski definition) is 2. The monoisotopic (exact) mass is 303 g/mol. The highest BCUT2D eigenvalue weighted by Crippen LogP contribution is 2.23. The minimum atomic E-state index is -0.762. The highest BCUT2D eigenvalue weighted by molar-refractivity contribution is 7.98. The lowest BCUT2D eigenvalue weighted by atomic mass is 10.0. The number of ether oxygens (including phenoxy) is 1. The smallest absolute Gasteiger partial charge is 0.323 e. The van der Waals surface area contributed by atoms with Crippen molar-refractivity contribution in [3.8, 4) is 0 Å². The van der Waals surface area contributed by atoms with Gasteiger partial charge < -0.3 is 15.2 Å². The van der Waals surface area contributed by atoms with Gasteiger partial charge in [0.05, 0.1) is 5.92 Å². The Kier molecular flexibility index (Phi) is 6.33. The first-order valence-corrected chi connectivity index (χ1v) is 8.33. The molecule has 3 unspecified atom stereocenters. The van der Waals surface area contributed by atoms with E-state index in [1.54, 1.807) is 0 Å². The van der Waals surface area contributed by atoms with Gasteiger partial charge in [-0.1, -0.05) is 0 Å². The lowest BCUT2D eigenvalue weighted by Gasteiger charge is -2.23. The standard InChI is InChI=1S/C14H25NO4S/c1-14(2,3)19-13(18)11-6-5-10(15-11)7-9(8-20-4)12(16)17/h9-11,15H,5-8H2,1-4H3,(H,16,17). The Morgan fingerprint density at radius 1 is 1.40 bits per heavy atom. The van der Waals surface area contributed by atoms with Crippen LogP contribution in [0, 0.1) is 5.92 Å². The van der Waals surface area contributed by atoms with Crippen molar-refractivity contribution in [1.29, 1.82) is 0 Å². The largest absolute Gasteiger partial charge is 0.481 e. The summed E-state index contributed by atoms with van der Waals surface area (Å²) in [5.41, 5.74) is -0.487. The second kappa shape index (κ2) is 7.31. The molecule has 1 fully saturated rings. The first kappa shape index (κ1) is 17.3. The van der Waals surface area contributed by atoms with Gasteiger partial charge in [0, 0.05) is 11.8 Å². The van der Waals surface area contributed by atoms with Crippen LogP contribution in [0.3, 0.4) is 0 Å². The molecule has 2 N–H and O–H groups in total. The van der Waals surface area contributed by atoms with E-state index < -0.39 is 11.6 Å². The van der Waals surface area contributed by atoms with E-state index in [-0.39, 0.29) is 24.0 Å². The quantitative estimate of drug-likeness (QED) is 0.730. The van der Waals surface area contributed by atoms with Crippen molar-refractivity contribution in [2.24, 2.45) is 5.92 Å². The molecule has 1 aliphatic rings. The Labute approximate surface area is 124 Å². The Morgan fingerprint density at radius 2 is 2.05 bits per heavy atom. The number of thioether (sulfide) groups is 1. The van der Waals surface area contributed by atoms with Crippen molar-refractivity contribution in [2.75, 3.05) is 12.0 Å². The molecule has 0 bridgehead atoms. The van der Waals surface area contributed by atoms with Crippen LogP contribution in [0.1, 0.15) is 40.0 Å². The molecule has 0 amide bonds. The zero-order chi connectivity index (χ0) is 15.3. The van der Waals surface area contributed by atoms with Gasteiger partial charge in [-0.2, -0.15) is 11.8 Å². The van der Waals surface area contributed by atoms with Crippen LogP contribution in [0.4, 0.5) is 0 Å². The number of rotatable bonds is 6. The maximum absolute atomic E-state index is 11.9. The number of aliphatic carboxylic acids is 1. The molecule has 20 heavy (non-hydrogen) atoms. The van der Waals surface area contributed by atoms with Crippen LogP contribution in [0.2, 0.25) is 0 Å². The summed E-state index contributed by atoms with van der Waals surface area (Å²) in [4.78, 5) is 23.1. The third kappa shape index (κ3) is 5.71. The van der Waals surface area contributed by atoms with E-state index >= 15 is 0 Å². The fourth-order valence-electron chi connectivity index (χ4n) is 2.35. The summed E-state index contributed by atoms with van der Waals surface area (Å²) in [6.07, 6.45) is 4.00. The van der Waals surface area contributed by atoms with Crippen molar-refractivity contribution in [1.82, 2.24) is 5.32 Å². The number of esters is 1. The highest BCUT2D eigenvalue weighted by atomic mass is 32.2. The second-order valence-electron chi connectivity index (χ2n) is 6.25. The Morgan fingerprint density at radius 3 is 2.55 bits per heavy atom. The third-order valence-electron chi connectivity index (χ3n) is 3.22. The number of carbonyl (C=O) groups excluding carboxylic acids is 1. The van der Waals surface area contributed by atoms with Crippen LogP contribution >= 0.6 is 11.8 Å². The zero-order valence-electron chi connectivity index (χ0n) is 12.6. The summed E-state index contributed by atoms with van der Waals surface area (Å²) in [6, 6.07) is -0.219. The number of carboxylic acid groups (broad SMARTS) is 1. The number of hydrogen-bond acceptors (Lipinski definition) is 5. The van der Waals surface area contributed by atoms with Crippen LogP contribution in [-0.2, 0) is 14.3 Å². The molecule has 0 saturated carbocycles. The van der Waals surface area contributed by atoms with Crippen LogP contribution in [0.5, 0.6) is 0 Å². The predicted molar refractivity (Wildman–Crippen MR) is 79.9 cm³/mol. The number of carboxylic acids is 1. The molecule has 1 heterocycles. The Bertz CT molecular complexity index is 354. The highest BCUT2D eigenvalue weighted by Gasteiger charge is 2.34. The van der Waals surface area contributed by atoms with Gasteiger partial charge in [0.2, 0.25) is 0 Å². The van der Waals surface area contributed by atoms with E-state index in [1.807, 2.05) is 27.0 Å². The van der Waals surface area contributed by atoms with Crippen molar-refractivity contribution in [3.63, 3.8) is 0 Å². The molecule has 0 aliphatic carbocycles. The molecule has 3 atom stereocenters. The molecule has 1 saturated heterocycles. The van der Waals surface area contributed by atoms with Crippen LogP contribution in [-0.4, -0.2) is 46.7 Å². The molecule has 6 heteroatoms. The molecule has 0 aromatic rings. The van der Waals surface area contributed by atoms with E-state index in [1.165, 1.54) is 11.8 Å². The van der Waals surface area contributed by atoms with Crippen molar-refractivity contribution < 1.29 is 19.4 Å².